The van der Waals surface area contributed by atoms with Crippen molar-refractivity contribution in [2.75, 3.05) is 45.1 Å². The summed E-state index contributed by atoms with van der Waals surface area (Å²) in [7, 11) is 1.26. The maximum absolute atomic E-state index is 13.4. The zero-order valence-corrected chi connectivity index (χ0v) is 22.5. The van der Waals surface area contributed by atoms with Crippen molar-refractivity contribution in [3.63, 3.8) is 0 Å². The van der Waals surface area contributed by atoms with Crippen molar-refractivity contribution in [2.24, 2.45) is 18.9 Å². The van der Waals surface area contributed by atoms with Gasteiger partial charge >= 0.3 is 0 Å². The standard InChI is InChI=1S/C25H37N5O5S/c1-17-11-30(12-19-6-7-19)18(2)15-35-22-10-20(27-36(32,33)24-14-28(3)16-26-24)8-9-21(22)25(31)29(4)13-23(17)34-5/h8-10,14,16-19,23,27H,6-7,11-13,15H2,1-5H3/t17-,18+,23-/m1/s1. The number of anilines is 1. The number of amides is 1. The first kappa shape index (κ1) is 26.4. The van der Waals surface area contributed by atoms with Crippen LogP contribution in [-0.2, 0) is 21.8 Å². The molecule has 0 bridgehead atoms. The maximum Gasteiger partial charge on any atom is 0.280 e. The molecule has 36 heavy (non-hydrogen) atoms. The highest BCUT2D eigenvalue weighted by atomic mass is 32.2. The maximum atomic E-state index is 13.4. The quantitative estimate of drug-likeness (QED) is 0.625. The number of carbonyl (C=O) groups excluding carboxylic acids is 1. The summed E-state index contributed by atoms with van der Waals surface area (Å²) >= 11 is 0. The topological polar surface area (TPSA) is 106 Å². The number of hydrogen-bond donors (Lipinski definition) is 1. The smallest absolute Gasteiger partial charge is 0.280 e. The predicted molar refractivity (Wildman–Crippen MR) is 137 cm³/mol. The third-order valence-electron chi connectivity index (χ3n) is 6.97. The first-order valence-corrected chi connectivity index (χ1v) is 13.9. The monoisotopic (exact) mass is 519 g/mol. The van der Waals surface area contributed by atoms with Crippen molar-refractivity contribution in [3.05, 3.63) is 36.3 Å². The van der Waals surface area contributed by atoms with E-state index in [4.69, 9.17) is 9.47 Å². The number of aromatic nitrogens is 2. The highest BCUT2D eigenvalue weighted by molar-refractivity contribution is 7.92. The van der Waals surface area contributed by atoms with Crippen LogP contribution in [0.1, 0.15) is 37.0 Å². The summed E-state index contributed by atoms with van der Waals surface area (Å²) in [5, 5.41) is -0.0847. The summed E-state index contributed by atoms with van der Waals surface area (Å²) in [5.41, 5.74) is 0.676. The number of hydrogen-bond acceptors (Lipinski definition) is 7. The number of benzene rings is 1. The molecule has 1 aliphatic carbocycles. The molecule has 4 rings (SSSR count). The first-order valence-electron chi connectivity index (χ1n) is 12.4. The summed E-state index contributed by atoms with van der Waals surface area (Å²) in [4.78, 5) is 21.4. The van der Waals surface area contributed by atoms with Gasteiger partial charge in [-0.05, 0) is 43.7 Å². The number of imidazole rings is 1. The Morgan fingerprint density at radius 3 is 2.58 bits per heavy atom. The van der Waals surface area contributed by atoms with Crippen LogP contribution in [0.2, 0.25) is 0 Å². The van der Waals surface area contributed by atoms with Crippen LogP contribution in [-0.4, -0.2) is 86.2 Å². The van der Waals surface area contributed by atoms with Gasteiger partial charge in [0.1, 0.15) is 12.4 Å². The normalized spacial score (nSPS) is 24.4. The number of nitrogens with zero attached hydrogens (tertiary/aromatic N) is 4. The Kier molecular flexibility index (Phi) is 7.91. The molecule has 2 aliphatic rings. The number of likely N-dealkylation sites (N-methyl/N-ethyl adjacent to an activating group) is 1. The molecule has 1 saturated carbocycles. The minimum atomic E-state index is -3.88. The average Bonchev–Trinajstić information content (AvgIpc) is 3.54. The van der Waals surface area contributed by atoms with Gasteiger partial charge in [0.05, 0.1) is 23.7 Å². The molecule has 1 aromatic carbocycles. The van der Waals surface area contributed by atoms with Gasteiger partial charge in [-0.3, -0.25) is 14.4 Å². The van der Waals surface area contributed by atoms with Crippen LogP contribution in [0.15, 0.2) is 35.7 Å². The van der Waals surface area contributed by atoms with Gasteiger partial charge in [0, 0.05) is 59.1 Å². The molecule has 1 fully saturated rings. The fourth-order valence-electron chi connectivity index (χ4n) is 4.53. The molecule has 0 unspecified atom stereocenters. The molecule has 198 valence electrons. The largest absolute Gasteiger partial charge is 0.491 e. The molecular formula is C25H37N5O5S. The van der Waals surface area contributed by atoms with E-state index in [-0.39, 0.29) is 29.0 Å². The second-order valence-electron chi connectivity index (χ2n) is 10.2. The molecule has 1 aromatic heterocycles. The van der Waals surface area contributed by atoms with Crippen molar-refractivity contribution in [3.8, 4) is 5.75 Å². The minimum Gasteiger partial charge on any atom is -0.491 e. The first-order chi connectivity index (χ1) is 17.1. The second kappa shape index (κ2) is 10.8. The van der Waals surface area contributed by atoms with Crippen LogP contribution in [0.4, 0.5) is 5.69 Å². The summed E-state index contributed by atoms with van der Waals surface area (Å²) in [6, 6.07) is 4.86. The van der Waals surface area contributed by atoms with E-state index in [9.17, 15) is 13.2 Å². The van der Waals surface area contributed by atoms with Gasteiger partial charge in [-0.2, -0.15) is 8.42 Å². The Morgan fingerprint density at radius 1 is 1.19 bits per heavy atom. The number of rotatable bonds is 6. The second-order valence-corrected chi connectivity index (χ2v) is 11.8. The van der Waals surface area contributed by atoms with Crippen molar-refractivity contribution in [1.82, 2.24) is 19.4 Å². The van der Waals surface area contributed by atoms with Crippen molar-refractivity contribution < 1.29 is 22.7 Å². The van der Waals surface area contributed by atoms with Gasteiger partial charge in [-0.1, -0.05) is 6.92 Å². The molecule has 10 nitrogen and oxygen atoms in total. The molecule has 11 heteroatoms. The molecule has 0 radical (unpaired) electrons. The van der Waals surface area contributed by atoms with Crippen LogP contribution in [0.3, 0.4) is 0 Å². The molecule has 3 atom stereocenters. The summed E-state index contributed by atoms with van der Waals surface area (Å²) in [5.74, 6) is 1.08. The van der Waals surface area contributed by atoms with E-state index in [1.807, 2.05) is 0 Å². The highest BCUT2D eigenvalue weighted by Crippen LogP contribution is 2.32. The molecule has 1 N–H and O–H groups in total. The van der Waals surface area contributed by atoms with Crippen LogP contribution in [0, 0.1) is 11.8 Å². The lowest BCUT2D eigenvalue weighted by Crippen LogP contribution is -2.47. The summed E-state index contributed by atoms with van der Waals surface area (Å²) < 4.78 is 41.7. The van der Waals surface area contributed by atoms with E-state index in [2.05, 4.69) is 28.5 Å². The molecule has 2 aromatic rings. The van der Waals surface area contributed by atoms with Crippen LogP contribution in [0.25, 0.3) is 0 Å². The molecule has 0 saturated heterocycles. The Hall–Kier alpha value is -2.63. The fraction of sp³-hybridized carbons (Fsp3) is 0.600. The average molecular weight is 520 g/mol. The Bertz CT molecular complexity index is 1180. The highest BCUT2D eigenvalue weighted by Gasteiger charge is 2.32. The van der Waals surface area contributed by atoms with Gasteiger partial charge in [-0.25, -0.2) is 4.98 Å². The number of nitrogens with one attached hydrogen (secondary N) is 1. The van der Waals surface area contributed by atoms with Crippen LogP contribution >= 0.6 is 0 Å². The third-order valence-corrected chi connectivity index (χ3v) is 8.24. The minimum absolute atomic E-state index is 0.0847. The number of sulfonamides is 1. The van der Waals surface area contributed by atoms with Gasteiger partial charge in [0.25, 0.3) is 15.9 Å². The Labute approximate surface area is 213 Å². The third kappa shape index (κ3) is 6.19. The van der Waals surface area contributed by atoms with Gasteiger partial charge < -0.3 is 18.9 Å². The number of carbonyl (C=O) groups is 1. The molecule has 1 amide bonds. The van der Waals surface area contributed by atoms with E-state index in [0.717, 1.165) is 19.0 Å². The number of fused-ring (bicyclic) bond motifs is 1. The van der Waals surface area contributed by atoms with E-state index in [1.165, 1.54) is 25.4 Å². The van der Waals surface area contributed by atoms with Crippen molar-refractivity contribution in [2.45, 2.75) is 43.9 Å². The predicted octanol–water partition coefficient (Wildman–Crippen LogP) is 2.44. The van der Waals surface area contributed by atoms with E-state index < -0.39 is 10.0 Å². The van der Waals surface area contributed by atoms with Gasteiger partial charge in [-0.15, -0.1) is 0 Å². The number of ether oxygens (including phenoxy) is 2. The lowest BCUT2D eigenvalue weighted by atomic mass is 10.0. The van der Waals surface area contributed by atoms with Crippen LogP contribution in [0.5, 0.6) is 5.75 Å². The molecule has 0 spiro atoms. The molecular weight excluding hydrogens is 482 g/mol. The summed E-state index contributed by atoms with van der Waals surface area (Å²) in [6.07, 6.45) is 5.25. The molecule has 2 heterocycles. The lowest BCUT2D eigenvalue weighted by molar-refractivity contribution is 0.00994. The summed E-state index contributed by atoms with van der Waals surface area (Å²) in [6.45, 7) is 6.96. The SMILES string of the molecule is CO[C@@H]1CN(C)C(=O)c2ccc(NS(=O)(=O)c3cn(C)cn3)cc2OC[C@H](C)N(CC2CC2)C[C@H]1C. The number of methoxy groups -OCH3 is 1. The van der Waals surface area contributed by atoms with Gasteiger partial charge in [0.15, 0.2) is 5.03 Å². The Morgan fingerprint density at radius 2 is 1.94 bits per heavy atom. The lowest BCUT2D eigenvalue weighted by Gasteiger charge is -2.36. The van der Waals surface area contributed by atoms with Crippen molar-refractivity contribution >= 4 is 21.6 Å². The number of aryl methyl sites for hydroxylation is 1. The van der Waals surface area contributed by atoms with Gasteiger partial charge in [0.2, 0.25) is 0 Å². The Balaban J connectivity index is 1.64. The van der Waals surface area contributed by atoms with Crippen molar-refractivity contribution in [1.29, 1.82) is 0 Å². The van der Waals surface area contributed by atoms with E-state index in [1.54, 1.807) is 48.9 Å². The zero-order chi connectivity index (χ0) is 26.0. The molecule has 1 aliphatic heterocycles. The van der Waals surface area contributed by atoms with Crippen LogP contribution < -0.4 is 9.46 Å². The fourth-order valence-corrected chi connectivity index (χ4v) is 5.56. The zero-order valence-electron chi connectivity index (χ0n) is 21.7. The van der Waals surface area contributed by atoms with E-state index >= 15 is 0 Å². The van der Waals surface area contributed by atoms with E-state index in [0.29, 0.717) is 30.2 Å².